The Bertz CT molecular complexity index is 1390. The van der Waals surface area contributed by atoms with Crippen molar-refractivity contribution in [3.63, 3.8) is 0 Å². The molecule has 3 aromatic carbocycles. The Kier molecular flexibility index (Phi) is 6.44. The molecule has 5 rings (SSSR count). The van der Waals surface area contributed by atoms with Crippen LogP contribution in [0.3, 0.4) is 0 Å². The fraction of sp³-hybridized carbons (Fsp3) is 0.267. The summed E-state index contributed by atoms with van der Waals surface area (Å²) in [6, 6.07) is 24.0. The number of carbonyl (C=O) groups excluding carboxylic acids is 2. The molecule has 0 saturated carbocycles. The monoisotopic (exact) mass is 482 g/mol. The average molecular weight is 483 g/mol. The quantitative estimate of drug-likeness (QED) is 0.338. The molecule has 35 heavy (non-hydrogen) atoms. The molecule has 1 aliphatic rings. The van der Waals surface area contributed by atoms with E-state index in [2.05, 4.69) is 30.5 Å². The number of hydrogen-bond donors (Lipinski definition) is 0. The van der Waals surface area contributed by atoms with E-state index in [0.717, 1.165) is 22.8 Å². The standard InChI is InChI=1S/C30H30N2O2S/c1-20(2)32(30(34)24-13-12-22-9-5-6-10-23(22)18-24)19-28(33)31-16-14-27-26(15-17-35-27)29(31)25-11-7-4-8-21(25)3/h4-13,15,17-18,20,29H,14,16,19H2,1-3H3/t29-/m1/s1. The second kappa shape index (κ2) is 9.67. The van der Waals surface area contributed by atoms with Crippen LogP contribution in [0.5, 0.6) is 0 Å². The fourth-order valence-electron chi connectivity index (χ4n) is 5.03. The van der Waals surface area contributed by atoms with Crippen LogP contribution in [0.2, 0.25) is 0 Å². The number of benzene rings is 3. The van der Waals surface area contributed by atoms with Crippen molar-refractivity contribution >= 4 is 33.9 Å². The molecule has 0 radical (unpaired) electrons. The number of amides is 2. The maximum atomic E-state index is 13.8. The summed E-state index contributed by atoms with van der Waals surface area (Å²) in [6.07, 6.45) is 0.849. The molecule has 2 heterocycles. The van der Waals surface area contributed by atoms with Crippen LogP contribution in [-0.4, -0.2) is 40.7 Å². The number of rotatable bonds is 5. The number of nitrogens with zero attached hydrogens (tertiary/aromatic N) is 2. The second-order valence-electron chi connectivity index (χ2n) is 9.48. The van der Waals surface area contributed by atoms with E-state index in [0.29, 0.717) is 12.1 Å². The Morgan fingerprint density at radius 3 is 2.49 bits per heavy atom. The van der Waals surface area contributed by atoms with Crippen LogP contribution in [0, 0.1) is 6.92 Å². The molecule has 1 aliphatic heterocycles. The summed E-state index contributed by atoms with van der Waals surface area (Å²) in [5, 5.41) is 4.24. The number of fused-ring (bicyclic) bond motifs is 2. The minimum absolute atomic E-state index is 0.0158. The predicted molar refractivity (Wildman–Crippen MR) is 143 cm³/mol. The van der Waals surface area contributed by atoms with Crippen molar-refractivity contribution in [1.82, 2.24) is 9.80 Å². The van der Waals surface area contributed by atoms with Crippen molar-refractivity contribution in [1.29, 1.82) is 0 Å². The van der Waals surface area contributed by atoms with E-state index < -0.39 is 0 Å². The van der Waals surface area contributed by atoms with Gasteiger partial charge in [0.2, 0.25) is 5.91 Å². The van der Waals surface area contributed by atoms with Crippen LogP contribution in [0.15, 0.2) is 78.2 Å². The van der Waals surface area contributed by atoms with E-state index in [9.17, 15) is 9.59 Å². The maximum absolute atomic E-state index is 13.8. The number of aryl methyl sites for hydroxylation is 1. The Labute approximate surface area is 210 Å². The molecule has 0 aliphatic carbocycles. The fourth-order valence-corrected chi connectivity index (χ4v) is 5.93. The zero-order valence-electron chi connectivity index (χ0n) is 20.4. The van der Waals surface area contributed by atoms with Crippen molar-refractivity contribution in [3.8, 4) is 0 Å². The van der Waals surface area contributed by atoms with Gasteiger partial charge < -0.3 is 9.80 Å². The molecule has 0 spiro atoms. The normalized spacial score (nSPS) is 15.3. The van der Waals surface area contributed by atoms with Gasteiger partial charge in [0.15, 0.2) is 0 Å². The highest BCUT2D eigenvalue weighted by Crippen LogP contribution is 2.39. The SMILES string of the molecule is Cc1ccccc1[C@@H]1c2ccsc2CCN1C(=O)CN(C(=O)c1ccc2ccccc2c1)C(C)C. The van der Waals surface area contributed by atoms with Gasteiger partial charge in [0, 0.05) is 23.0 Å². The van der Waals surface area contributed by atoms with Crippen LogP contribution in [0.1, 0.15) is 51.8 Å². The van der Waals surface area contributed by atoms with Gasteiger partial charge in [-0.3, -0.25) is 9.59 Å². The van der Waals surface area contributed by atoms with Crippen molar-refractivity contribution in [2.24, 2.45) is 0 Å². The average Bonchev–Trinajstić information content (AvgIpc) is 3.35. The minimum Gasteiger partial charge on any atom is -0.330 e. The lowest BCUT2D eigenvalue weighted by molar-refractivity contribution is -0.134. The smallest absolute Gasteiger partial charge is 0.254 e. The molecule has 4 aromatic rings. The molecule has 0 bridgehead atoms. The highest BCUT2D eigenvalue weighted by Gasteiger charge is 2.35. The number of carbonyl (C=O) groups is 2. The lowest BCUT2D eigenvalue weighted by Gasteiger charge is -2.38. The van der Waals surface area contributed by atoms with Crippen LogP contribution < -0.4 is 0 Å². The topological polar surface area (TPSA) is 40.6 Å². The summed E-state index contributed by atoms with van der Waals surface area (Å²) in [5.41, 5.74) is 4.14. The van der Waals surface area contributed by atoms with Gasteiger partial charge in [0.25, 0.3) is 5.91 Å². The molecular weight excluding hydrogens is 452 g/mol. The highest BCUT2D eigenvalue weighted by molar-refractivity contribution is 7.10. The van der Waals surface area contributed by atoms with E-state index in [1.165, 1.54) is 16.0 Å². The van der Waals surface area contributed by atoms with Gasteiger partial charge in [-0.2, -0.15) is 0 Å². The summed E-state index contributed by atoms with van der Waals surface area (Å²) in [7, 11) is 0. The van der Waals surface area contributed by atoms with Gasteiger partial charge in [-0.05, 0) is 78.2 Å². The van der Waals surface area contributed by atoms with Gasteiger partial charge in [0.05, 0.1) is 6.04 Å². The third-order valence-corrected chi connectivity index (χ3v) is 7.95. The molecule has 2 amide bonds. The first-order valence-electron chi connectivity index (χ1n) is 12.1. The lowest BCUT2D eigenvalue weighted by atomic mass is 9.90. The summed E-state index contributed by atoms with van der Waals surface area (Å²) in [6.45, 7) is 6.76. The van der Waals surface area contributed by atoms with Crippen molar-refractivity contribution in [3.05, 3.63) is 105 Å². The lowest BCUT2D eigenvalue weighted by Crippen LogP contribution is -2.48. The maximum Gasteiger partial charge on any atom is 0.254 e. The van der Waals surface area contributed by atoms with Gasteiger partial charge in [-0.25, -0.2) is 0 Å². The summed E-state index contributed by atoms with van der Waals surface area (Å²) in [4.78, 5) is 32.4. The van der Waals surface area contributed by atoms with Crippen LogP contribution >= 0.6 is 11.3 Å². The molecule has 0 saturated heterocycles. The van der Waals surface area contributed by atoms with Crippen molar-refractivity contribution in [2.45, 2.75) is 39.3 Å². The molecule has 1 atom stereocenters. The molecule has 5 heteroatoms. The summed E-state index contributed by atoms with van der Waals surface area (Å²) >= 11 is 1.76. The van der Waals surface area contributed by atoms with E-state index in [1.54, 1.807) is 16.2 Å². The molecule has 178 valence electrons. The van der Waals surface area contributed by atoms with Gasteiger partial charge in [-0.1, -0.05) is 54.6 Å². The summed E-state index contributed by atoms with van der Waals surface area (Å²) < 4.78 is 0. The Hall–Kier alpha value is -3.44. The van der Waals surface area contributed by atoms with E-state index in [1.807, 2.05) is 73.3 Å². The van der Waals surface area contributed by atoms with Crippen molar-refractivity contribution < 1.29 is 9.59 Å². The first kappa shape index (κ1) is 23.3. The van der Waals surface area contributed by atoms with Gasteiger partial charge in [0.1, 0.15) is 6.54 Å². The van der Waals surface area contributed by atoms with E-state index in [-0.39, 0.29) is 30.4 Å². The summed E-state index contributed by atoms with van der Waals surface area (Å²) in [5.74, 6) is -0.127. The largest absolute Gasteiger partial charge is 0.330 e. The van der Waals surface area contributed by atoms with Crippen LogP contribution in [0.25, 0.3) is 10.8 Å². The molecule has 0 fully saturated rings. The second-order valence-corrected chi connectivity index (χ2v) is 10.5. The van der Waals surface area contributed by atoms with E-state index in [4.69, 9.17) is 0 Å². The van der Waals surface area contributed by atoms with Crippen LogP contribution in [-0.2, 0) is 11.2 Å². The van der Waals surface area contributed by atoms with E-state index >= 15 is 0 Å². The predicted octanol–water partition coefficient (Wildman–Crippen LogP) is 6.23. The molecule has 0 unspecified atom stereocenters. The Morgan fingerprint density at radius 2 is 1.71 bits per heavy atom. The third kappa shape index (κ3) is 4.48. The zero-order chi connectivity index (χ0) is 24.5. The first-order valence-corrected chi connectivity index (χ1v) is 13.0. The number of thiophene rings is 1. The molecule has 1 aromatic heterocycles. The minimum atomic E-state index is -0.122. The van der Waals surface area contributed by atoms with Crippen molar-refractivity contribution in [2.75, 3.05) is 13.1 Å². The first-order chi connectivity index (χ1) is 16.9. The van der Waals surface area contributed by atoms with Gasteiger partial charge >= 0.3 is 0 Å². The molecular formula is C30H30N2O2S. The van der Waals surface area contributed by atoms with Gasteiger partial charge in [-0.15, -0.1) is 11.3 Å². The zero-order valence-corrected chi connectivity index (χ0v) is 21.2. The Balaban J connectivity index is 1.44. The van der Waals surface area contributed by atoms with Crippen LogP contribution in [0.4, 0.5) is 0 Å². The molecule has 0 N–H and O–H groups in total. The third-order valence-electron chi connectivity index (χ3n) is 6.96. The Morgan fingerprint density at radius 1 is 0.971 bits per heavy atom. The highest BCUT2D eigenvalue weighted by atomic mass is 32.1. The molecule has 4 nitrogen and oxygen atoms in total. The number of hydrogen-bond acceptors (Lipinski definition) is 3.